The van der Waals surface area contributed by atoms with Crippen molar-refractivity contribution in [2.24, 2.45) is 0 Å². The van der Waals surface area contributed by atoms with E-state index in [1.807, 2.05) is 18.2 Å². The molecule has 1 aliphatic rings. The van der Waals surface area contributed by atoms with E-state index in [1.165, 1.54) is 22.6 Å². The Morgan fingerprint density at radius 2 is 1.89 bits per heavy atom. The van der Waals surface area contributed by atoms with Crippen molar-refractivity contribution in [3.63, 3.8) is 0 Å². The standard InChI is InChI=1S/C21H24N2O3S2/c22-14-18-17-10-5-2-6-11-19(17)27-21(18)23-20(24)12-7-13-28(25,26)15-16-8-3-1-4-9-16/h1,3-4,8-9H,2,5-7,10-13,15H2,(H,23,24). The van der Waals surface area contributed by atoms with Gasteiger partial charge in [0.25, 0.3) is 0 Å². The highest BCUT2D eigenvalue weighted by Crippen LogP contribution is 2.37. The maximum atomic E-state index is 12.3. The van der Waals surface area contributed by atoms with Crippen LogP contribution in [0.5, 0.6) is 0 Å². The number of nitrogens with zero attached hydrogens (tertiary/aromatic N) is 1. The number of benzene rings is 1. The molecule has 148 valence electrons. The third-order valence-electron chi connectivity index (χ3n) is 4.87. The van der Waals surface area contributed by atoms with Gasteiger partial charge in [0.2, 0.25) is 5.91 Å². The molecule has 0 bridgehead atoms. The van der Waals surface area contributed by atoms with Gasteiger partial charge in [0.05, 0.1) is 17.1 Å². The first-order chi connectivity index (χ1) is 13.5. The second-order valence-corrected chi connectivity index (χ2v) is 10.4. The lowest BCUT2D eigenvalue weighted by Crippen LogP contribution is -2.15. The number of hydrogen-bond acceptors (Lipinski definition) is 5. The molecule has 0 radical (unpaired) electrons. The Hall–Kier alpha value is -2.17. The predicted octanol–water partition coefficient (Wildman–Crippen LogP) is 4.22. The molecule has 0 unspecified atom stereocenters. The van der Waals surface area contributed by atoms with Crippen LogP contribution in [0, 0.1) is 11.3 Å². The predicted molar refractivity (Wildman–Crippen MR) is 112 cm³/mol. The Labute approximate surface area is 170 Å². The van der Waals surface area contributed by atoms with E-state index >= 15 is 0 Å². The minimum atomic E-state index is -3.25. The third-order valence-corrected chi connectivity index (χ3v) is 7.77. The van der Waals surface area contributed by atoms with Crippen LogP contribution in [0.4, 0.5) is 5.00 Å². The number of hydrogen-bond donors (Lipinski definition) is 1. The summed E-state index contributed by atoms with van der Waals surface area (Å²) in [5.41, 5.74) is 2.43. The second kappa shape index (κ2) is 9.35. The van der Waals surface area contributed by atoms with E-state index in [4.69, 9.17) is 0 Å². The average Bonchev–Trinajstić information content (AvgIpc) is 2.81. The summed E-state index contributed by atoms with van der Waals surface area (Å²) in [5.74, 6) is -0.268. The van der Waals surface area contributed by atoms with Gasteiger partial charge >= 0.3 is 0 Å². The molecule has 7 heteroatoms. The van der Waals surface area contributed by atoms with Crippen LogP contribution < -0.4 is 5.32 Å². The van der Waals surface area contributed by atoms with Crippen molar-refractivity contribution in [3.8, 4) is 6.07 Å². The molecule has 0 saturated carbocycles. The van der Waals surface area contributed by atoms with Crippen LogP contribution in [0.25, 0.3) is 0 Å². The fourth-order valence-electron chi connectivity index (χ4n) is 3.49. The van der Waals surface area contributed by atoms with Crippen LogP contribution in [0.3, 0.4) is 0 Å². The summed E-state index contributed by atoms with van der Waals surface area (Å²) in [5, 5.41) is 13.0. The van der Waals surface area contributed by atoms with Crippen molar-refractivity contribution in [2.45, 2.75) is 50.7 Å². The lowest BCUT2D eigenvalue weighted by Gasteiger charge is -2.06. The number of nitriles is 1. The molecule has 0 atom stereocenters. The molecule has 1 aromatic heterocycles. The van der Waals surface area contributed by atoms with Crippen LogP contribution in [0.1, 0.15) is 53.7 Å². The zero-order valence-electron chi connectivity index (χ0n) is 15.7. The van der Waals surface area contributed by atoms with E-state index in [1.54, 1.807) is 12.1 Å². The molecule has 0 aliphatic heterocycles. The second-order valence-electron chi connectivity index (χ2n) is 7.11. The van der Waals surface area contributed by atoms with Crippen molar-refractivity contribution in [1.29, 1.82) is 5.26 Å². The van der Waals surface area contributed by atoms with Gasteiger partial charge in [-0.05, 0) is 43.2 Å². The van der Waals surface area contributed by atoms with E-state index in [2.05, 4.69) is 11.4 Å². The molecule has 1 heterocycles. The summed E-state index contributed by atoms with van der Waals surface area (Å²) >= 11 is 1.50. The molecule has 0 fully saturated rings. The summed E-state index contributed by atoms with van der Waals surface area (Å²) in [7, 11) is -3.25. The van der Waals surface area contributed by atoms with Crippen molar-refractivity contribution in [1.82, 2.24) is 0 Å². The minimum absolute atomic E-state index is 0.00825. The fourth-order valence-corrected chi connectivity index (χ4v) is 6.18. The molecule has 3 rings (SSSR count). The summed E-state index contributed by atoms with van der Waals surface area (Å²) in [6.45, 7) is 0. The van der Waals surface area contributed by atoms with E-state index in [9.17, 15) is 18.5 Å². The van der Waals surface area contributed by atoms with Gasteiger partial charge in [0.1, 0.15) is 11.1 Å². The maximum Gasteiger partial charge on any atom is 0.225 e. The fraction of sp³-hybridized carbons (Fsp3) is 0.429. The molecule has 1 N–H and O–H groups in total. The summed E-state index contributed by atoms with van der Waals surface area (Å²) in [4.78, 5) is 13.5. The molecule has 5 nitrogen and oxygen atoms in total. The normalized spacial score (nSPS) is 14.0. The zero-order valence-corrected chi connectivity index (χ0v) is 17.4. The first-order valence-corrected chi connectivity index (χ1v) is 12.2. The lowest BCUT2D eigenvalue weighted by molar-refractivity contribution is -0.116. The third kappa shape index (κ3) is 5.43. The highest BCUT2D eigenvalue weighted by Gasteiger charge is 2.21. The number of nitrogens with one attached hydrogen (secondary N) is 1. The van der Waals surface area contributed by atoms with Crippen LogP contribution in [0.15, 0.2) is 30.3 Å². The number of anilines is 1. The van der Waals surface area contributed by atoms with Crippen molar-refractivity contribution in [3.05, 3.63) is 51.9 Å². The van der Waals surface area contributed by atoms with Gasteiger partial charge in [-0.2, -0.15) is 5.26 Å². The number of aryl methyl sites for hydroxylation is 1. The Morgan fingerprint density at radius 1 is 1.14 bits per heavy atom. The smallest absolute Gasteiger partial charge is 0.225 e. The topological polar surface area (TPSA) is 87.0 Å². The zero-order chi connectivity index (χ0) is 20.0. The summed E-state index contributed by atoms with van der Waals surface area (Å²) in [6.07, 6.45) is 5.61. The number of carbonyl (C=O) groups is 1. The van der Waals surface area contributed by atoms with Gasteiger partial charge in [-0.3, -0.25) is 4.79 Å². The van der Waals surface area contributed by atoms with Crippen LogP contribution in [0.2, 0.25) is 0 Å². The number of carbonyl (C=O) groups excluding carboxylic acids is 1. The Balaban J connectivity index is 1.54. The Bertz CT molecular complexity index is 973. The van der Waals surface area contributed by atoms with E-state index in [0.717, 1.165) is 36.8 Å². The molecule has 1 amide bonds. The van der Waals surface area contributed by atoms with Gasteiger partial charge in [-0.15, -0.1) is 11.3 Å². The summed E-state index contributed by atoms with van der Waals surface area (Å²) < 4.78 is 24.5. The number of sulfone groups is 1. The molecule has 0 spiro atoms. The highest BCUT2D eigenvalue weighted by atomic mass is 32.2. The molecule has 28 heavy (non-hydrogen) atoms. The number of amides is 1. The maximum absolute atomic E-state index is 12.3. The molecule has 1 aromatic carbocycles. The van der Waals surface area contributed by atoms with Crippen molar-refractivity contribution in [2.75, 3.05) is 11.1 Å². The van der Waals surface area contributed by atoms with E-state index in [-0.39, 0.29) is 30.3 Å². The van der Waals surface area contributed by atoms with Crippen molar-refractivity contribution >= 4 is 32.1 Å². The minimum Gasteiger partial charge on any atom is -0.317 e. The molecular formula is C21H24N2O3S2. The summed E-state index contributed by atoms with van der Waals surface area (Å²) in [6, 6.07) is 11.3. The van der Waals surface area contributed by atoms with Crippen LogP contribution in [-0.2, 0) is 33.2 Å². The number of fused-ring (bicyclic) bond motifs is 1. The van der Waals surface area contributed by atoms with Crippen LogP contribution >= 0.6 is 11.3 Å². The number of rotatable bonds is 7. The largest absolute Gasteiger partial charge is 0.317 e. The SMILES string of the molecule is N#Cc1c(NC(=O)CCCS(=O)(=O)Cc2ccccc2)sc2c1CCCCC2. The van der Waals surface area contributed by atoms with Gasteiger partial charge in [0.15, 0.2) is 9.84 Å². The first kappa shape index (κ1) is 20.6. The van der Waals surface area contributed by atoms with Crippen LogP contribution in [-0.4, -0.2) is 20.1 Å². The van der Waals surface area contributed by atoms with E-state index < -0.39 is 9.84 Å². The average molecular weight is 417 g/mol. The Kier molecular flexibility index (Phi) is 6.87. The lowest BCUT2D eigenvalue weighted by atomic mass is 10.1. The van der Waals surface area contributed by atoms with E-state index in [0.29, 0.717) is 10.6 Å². The molecule has 0 saturated heterocycles. The van der Waals surface area contributed by atoms with Gasteiger partial charge < -0.3 is 5.32 Å². The van der Waals surface area contributed by atoms with Gasteiger partial charge in [0, 0.05) is 11.3 Å². The van der Waals surface area contributed by atoms with Crippen molar-refractivity contribution < 1.29 is 13.2 Å². The Morgan fingerprint density at radius 3 is 2.64 bits per heavy atom. The van der Waals surface area contributed by atoms with Gasteiger partial charge in [-0.25, -0.2) is 8.42 Å². The highest BCUT2D eigenvalue weighted by molar-refractivity contribution is 7.90. The monoisotopic (exact) mass is 416 g/mol. The number of thiophene rings is 1. The first-order valence-electron chi connectivity index (χ1n) is 9.57. The molecule has 2 aromatic rings. The quantitative estimate of drug-likeness (QED) is 0.685. The molecule has 1 aliphatic carbocycles. The molecular weight excluding hydrogens is 392 g/mol. The van der Waals surface area contributed by atoms with Gasteiger partial charge in [-0.1, -0.05) is 36.8 Å².